The molecule has 0 aliphatic heterocycles. The lowest BCUT2D eigenvalue weighted by Crippen LogP contribution is -2.35. The maximum absolute atomic E-state index is 6.09. The van der Waals surface area contributed by atoms with Crippen LogP contribution in [-0.4, -0.2) is 11.2 Å². The van der Waals surface area contributed by atoms with Crippen LogP contribution in [0.15, 0.2) is 22.7 Å². The molecular formula is C12H14BrClN2S. The first-order valence-corrected chi connectivity index (χ1v) is 7.25. The van der Waals surface area contributed by atoms with E-state index >= 15 is 0 Å². The Morgan fingerprint density at radius 3 is 2.76 bits per heavy atom. The van der Waals surface area contributed by atoms with E-state index in [1.54, 1.807) is 0 Å². The van der Waals surface area contributed by atoms with E-state index in [4.69, 9.17) is 23.8 Å². The van der Waals surface area contributed by atoms with Crippen molar-refractivity contribution in [2.45, 2.75) is 31.7 Å². The normalized spacial score (nSPS) is 15.9. The van der Waals surface area contributed by atoms with Gasteiger partial charge in [-0.3, -0.25) is 0 Å². The Hall–Kier alpha value is -0.320. The van der Waals surface area contributed by atoms with Crippen LogP contribution in [0.1, 0.15) is 25.7 Å². The minimum Gasteiger partial charge on any atom is -0.360 e. The van der Waals surface area contributed by atoms with Crippen molar-refractivity contribution >= 4 is 50.5 Å². The van der Waals surface area contributed by atoms with Gasteiger partial charge >= 0.3 is 0 Å². The SMILES string of the molecule is S=C(Nc1cc(Br)ccc1Cl)NC1CCCC1. The quantitative estimate of drug-likeness (QED) is 0.788. The van der Waals surface area contributed by atoms with E-state index in [2.05, 4.69) is 26.6 Å². The van der Waals surface area contributed by atoms with Crippen LogP contribution in [0.4, 0.5) is 5.69 Å². The minimum atomic E-state index is 0.515. The fraction of sp³-hybridized carbons (Fsp3) is 0.417. The van der Waals surface area contributed by atoms with Gasteiger partial charge < -0.3 is 10.6 Å². The van der Waals surface area contributed by atoms with Crippen molar-refractivity contribution in [1.82, 2.24) is 5.32 Å². The molecule has 0 saturated heterocycles. The highest BCUT2D eigenvalue weighted by atomic mass is 79.9. The fourth-order valence-electron chi connectivity index (χ4n) is 2.01. The van der Waals surface area contributed by atoms with Gasteiger partial charge in [-0.25, -0.2) is 0 Å². The first kappa shape index (κ1) is 13.1. The molecule has 0 bridgehead atoms. The summed E-state index contributed by atoms with van der Waals surface area (Å²) in [6.07, 6.45) is 4.98. The number of hydrogen-bond donors (Lipinski definition) is 2. The number of anilines is 1. The summed E-state index contributed by atoms with van der Waals surface area (Å²) >= 11 is 14.8. The predicted octanol–water partition coefficient (Wildman–Crippen LogP) is 4.33. The van der Waals surface area contributed by atoms with Crippen molar-refractivity contribution in [1.29, 1.82) is 0 Å². The lowest BCUT2D eigenvalue weighted by atomic mass is 10.2. The monoisotopic (exact) mass is 332 g/mol. The van der Waals surface area contributed by atoms with E-state index in [1.807, 2.05) is 18.2 Å². The summed E-state index contributed by atoms with van der Waals surface area (Å²) in [7, 11) is 0. The summed E-state index contributed by atoms with van der Waals surface area (Å²) < 4.78 is 0.980. The standard InChI is InChI=1S/C12H14BrClN2S/c13-8-5-6-10(14)11(7-8)16-12(17)15-9-3-1-2-4-9/h5-7,9H,1-4H2,(H2,15,16,17). The molecule has 2 N–H and O–H groups in total. The van der Waals surface area contributed by atoms with Gasteiger partial charge in [-0.1, -0.05) is 40.4 Å². The smallest absolute Gasteiger partial charge is 0.171 e. The van der Waals surface area contributed by atoms with Crippen LogP contribution in [0.25, 0.3) is 0 Å². The molecule has 0 amide bonds. The van der Waals surface area contributed by atoms with Gasteiger partial charge in [0.05, 0.1) is 10.7 Å². The molecule has 0 radical (unpaired) electrons. The second kappa shape index (κ2) is 6.03. The van der Waals surface area contributed by atoms with Gasteiger partial charge in [0.2, 0.25) is 0 Å². The van der Waals surface area contributed by atoms with Crippen molar-refractivity contribution in [3.05, 3.63) is 27.7 Å². The van der Waals surface area contributed by atoms with Gasteiger partial charge in [0.1, 0.15) is 0 Å². The topological polar surface area (TPSA) is 24.1 Å². The largest absolute Gasteiger partial charge is 0.360 e. The Kier molecular flexibility index (Phi) is 4.65. The first-order valence-electron chi connectivity index (χ1n) is 5.68. The molecule has 1 fully saturated rings. The Bertz CT molecular complexity index is 419. The van der Waals surface area contributed by atoms with Crippen molar-refractivity contribution < 1.29 is 0 Å². The van der Waals surface area contributed by atoms with E-state index < -0.39 is 0 Å². The maximum Gasteiger partial charge on any atom is 0.171 e. The molecule has 1 aliphatic rings. The van der Waals surface area contributed by atoms with E-state index in [1.165, 1.54) is 25.7 Å². The zero-order valence-electron chi connectivity index (χ0n) is 9.30. The highest BCUT2D eigenvalue weighted by molar-refractivity contribution is 9.10. The van der Waals surface area contributed by atoms with Crippen molar-refractivity contribution in [2.24, 2.45) is 0 Å². The average Bonchev–Trinajstić information content (AvgIpc) is 2.76. The third-order valence-corrected chi connectivity index (χ3v) is 3.91. The second-order valence-corrected chi connectivity index (χ2v) is 5.94. The van der Waals surface area contributed by atoms with Crippen LogP contribution in [0, 0.1) is 0 Å². The summed E-state index contributed by atoms with van der Waals surface area (Å²) in [5.74, 6) is 0. The number of hydrogen-bond acceptors (Lipinski definition) is 1. The van der Waals surface area contributed by atoms with Crippen LogP contribution in [0.5, 0.6) is 0 Å². The molecule has 1 saturated carbocycles. The molecule has 5 heteroatoms. The molecule has 0 atom stereocenters. The van der Waals surface area contributed by atoms with E-state index in [0.717, 1.165) is 10.2 Å². The molecule has 92 valence electrons. The number of thiocarbonyl (C=S) groups is 1. The predicted molar refractivity (Wildman–Crippen MR) is 80.8 cm³/mol. The highest BCUT2D eigenvalue weighted by Crippen LogP contribution is 2.26. The van der Waals surface area contributed by atoms with Crippen LogP contribution >= 0.6 is 39.7 Å². The zero-order chi connectivity index (χ0) is 12.3. The summed E-state index contributed by atoms with van der Waals surface area (Å²) in [5, 5.41) is 7.78. The third kappa shape index (κ3) is 3.83. The lowest BCUT2D eigenvalue weighted by Gasteiger charge is -2.16. The fourth-order valence-corrected chi connectivity index (χ4v) is 2.81. The van der Waals surface area contributed by atoms with Crippen LogP contribution in [0.3, 0.4) is 0 Å². The third-order valence-electron chi connectivity index (χ3n) is 2.87. The van der Waals surface area contributed by atoms with Gasteiger partial charge in [-0.05, 0) is 43.3 Å². The van der Waals surface area contributed by atoms with Crippen LogP contribution < -0.4 is 10.6 Å². The summed E-state index contributed by atoms with van der Waals surface area (Å²) in [6, 6.07) is 6.18. The van der Waals surface area contributed by atoms with Gasteiger partial charge in [0, 0.05) is 10.5 Å². The molecule has 2 rings (SSSR count). The molecule has 0 unspecified atom stereocenters. The molecule has 1 aliphatic carbocycles. The van der Waals surface area contributed by atoms with Gasteiger partial charge in [-0.15, -0.1) is 0 Å². The number of rotatable bonds is 2. The molecule has 17 heavy (non-hydrogen) atoms. The molecule has 1 aromatic carbocycles. The Labute approximate surface area is 120 Å². The number of benzene rings is 1. The van der Waals surface area contributed by atoms with Gasteiger partial charge in [0.25, 0.3) is 0 Å². The van der Waals surface area contributed by atoms with Crippen molar-refractivity contribution in [3.8, 4) is 0 Å². The van der Waals surface area contributed by atoms with E-state index in [-0.39, 0.29) is 0 Å². The molecule has 0 spiro atoms. The molecule has 0 heterocycles. The Morgan fingerprint density at radius 2 is 2.06 bits per heavy atom. The van der Waals surface area contributed by atoms with E-state index in [0.29, 0.717) is 16.2 Å². The molecule has 0 aromatic heterocycles. The minimum absolute atomic E-state index is 0.515. The maximum atomic E-state index is 6.09. The van der Waals surface area contributed by atoms with Gasteiger partial charge in [-0.2, -0.15) is 0 Å². The molecule has 1 aromatic rings. The second-order valence-electron chi connectivity index (χ2n) is 4.20. The lowest BCUT2D eigenvalue weighted by molar-refractivity contribution is 0.634. The number of halogens is 2. The van der Waals surface area contributed by atoms with E-state index in [9.17, 15) is 0 Å². The van der Waals surface area contributed by atoms with Crippen LogP contribution in [0.2, 0.25) is 5.02 Å². The summed E-state index contributed by atoms with van der Waals surface area (Å²) in [5.41, 5.74) is 0.830. The molecular weight excluding hydrogens is 320 g/mol. The summed E-state index contributed by atoms with van der Waals surface area (Å²) in [4.78, 5) is 0. The van der Waals surface area contributed by atoms with Crippen molar-refractivity contribution in [2.75, 3.05) is 5.32 Å². The van der Waals surface area contributed by atoms with Gasteiger partial charge in [0.15, 0.2) is 5.11 Å². The van der Waals surface area contributed by atoms with Crippen LogP contribution in [-0.2, 0) is 0 Å². The highest BCUT2D eigenvalue weighted by Gasteiger charge is 2.15. The average molecular weight is 334 g/mol. The van der Waals surface area contributed by atoms with Crippen molar-refractivity contribution in [3.63, 3.8) is 0 Å². The zero-order valence-corrected chi connectivity index (χ0v) is 12.5. The number of nitrogens with one attached hydrogen (secondary N) is 2. The summed E-state index contributed by atoms with van der Waals surface area (Å²) in [6.45, 7) is 0. The Morgan fingerprint density at radius 1 is 1.35 bits per heavy atom. The first-order chi connectivity index (χ1) is 8.15. The Balaban J connectivity index is 1.95. The molecule has 2 nitrogen and oxygen atoms in total.